The number of halogens is 1. The van der Waals surface area contributed by atoms with Crippen LogP contribution in [0.15, 0.2) is 45.7 Å². The van der Waals surface area contributed by atoms with Crippen LogP contribution in [0.4, 0.5) is 5.69 Å². The molecule has 4 heterocycles. The highest BCUT2D eigenvalue weighted by Crippen LogP contribution is 2.34. The minimum Gasteiger partial charge on any atom is -0.376 e. The Morgan fingerprint density at radius 3 is 2.81 bits per heavy atom. The average molecular weight is 452 g/mol. The van der Waals surface area contributed by atoms with Crippen LogP contribution in [0.5, 0.6) is 0 Å². The van der Waals surface area contributed by atoms with Crippen LogP contribution in [0.3, 0.4) is 0 Å². The van der Waals surface area contributed by atoms with Gasteiger partial charge in [-0.1, -0.05) is 17.7 Å². The van der Waals surface area contributed by atoms with Crippen molar-refractivity contribution in [3.63, 3.8) is 0 Å². The van der Waals surface area contributed by atoms with E-state index in [9.17, 15) is 0 Å². The van der Waals surface area contributed by atoms with E-state index in [1.807, 2.05) is 24.4 Å². The summed E-state index contributed by atoms with van der Waals surface area (Å²) < 4.78 is 6.05. The van der Waals surface area contributed by atoms with E-state index in [-0.39, 0.29) is 6.10 Å². The molecule has 0 amide bonds. The zero-order valence-electron chi connectivity index (χ0n) is 18.7. The first-order chi connectivity index (χ1) is 15.6. The molecule has 0 atom stereocenters. The number of rotatable bonds is 5. The first-order valence-corrected chi connectivity index (χ1v) is 12.0. The third-order valence-electron chi connectivity index (χ3n) is 6.48. The molecule has 32 heavy (non-hydrogen) atoms. The van der Waals surface area contributed by atoms with E-state index in [0.717, 1.165) is 65.9 Å². The number of hydrogen-bond acceptors (Lipinski definition) is 5. The van der Waals surface area contributed by atoms with Crippen molar-refractivity contribution in [3.8, 4) is 0 Å². The summed E-state index contributed by atoms with van der Waals surface area (Å²) in [6.45, 7) is 6.26. The smallest absolute Gasteiger partial charge is 0.0895 e. The number of nitrogens with one attached hydrogen (secondary N) is 1. The van der Waals surface area contributed by atoms with Crippen molar-refractivity contribution < 1.29 is 4.74 Å². The van der Waals surface area contributed by atoms with Gasteiger partial charge in [-0.3, -0.25) is 4.98 Å². The maximum Gasteiger partial charge on any atom is 0.0895 e. The summed E-state index contributed by atoms with van der Waals surface area (Å²) in [6, 6.07) is 6.04. The number of allylic oxidation sites excluding steroid dienone is 1. The number of aromatic nitrogens is 2. The van der Waals surface area contributed by atoms with Crippen LogP contribution in [0.25, 0.3) is 11.8 Å². The quantitative estimate of drug-likeness (QED) is 0.733. The van der Waals surface area contributed by atoms with E-state index in [2.05, 4.69) is 51.1 Å². The van der Waals surface area contributed by atoms with Crippen molar-refractivity contribution >= 4 is 29.1 Å². The lowest BCUT2D eigenvalue weighted by molar-refractivity contribution is -0.0161. The van der Waals surface area contributed by atoms with E-state index in [4.69, 9.17) is 16.3 Å². The van der Waals surface area contributed by atoms with Crippen LogP contribution in [-0.4, -0.2) is 28.7 Å². The molecule has 3 aliphatic rings. The number of H-pyrrole nitrogens is 1. The third-order valence-corrected chi connectivity index (χ3v) is 6.74. The molecule has 0 bridgehead atoms. The van der Waals surface area contributed by atoms with Gasteiger partial charge in [-0.2, -0.15) is 10.2 Å². The Balaban J connectivity index is 1.51. The largest absolute Gasteiger partial charge is 0.376 e. The molecule has 0 unspecified atom stereocenters. The zero-order chi connectivity index (χ0) is 22.1. The molecule has 6 nitrogen and oxygen atoms in total. The van der Waals surface area contributed by atoms with E-state index in [1.165, 1.54) is 11.3 Å². The monoisotopic (exact) mass is 451 g/mol. The van der Waals surface area contributed by atoms with Gasteiger partial charge in [0.1, 0.15) is 0 Å². The lowest BCUT2D eigenvalue weighted by Crippen LogP contribution is -2.29. The Hall–Kier alpha value is -2.44. The number of nitrogens with zero attached hydrogens (tertiary/aromatic N) is 4. The van der Waals surface area contributed by atoms with Crippen molar-refractivity contribution in [2.75, 3.05) is 11.4 Å². The molecule has 1 N–H and O–H groups in total. The molecular weight excluding hydrogens is 422 g/mol. The normalized spacial score (nSPS) is 22.8. The van der Waals surface area contributed by atoms with E-state index >= 15 is 0 Å². The lowest BCUT2D eigenvalue weighted by atomic mass is 9.84. The molecule has 1 saturated carbocycles. The van der Waals surface area contributed by atoms with Gasteiger partial charge in [0.05, 0.1) is 53.1 Å². The number of anilines is 1. The maximum atomic E-state index is 6.50. The van der Waals surface area contributed by atoms with Crippen LogP contribution in [-0.2, 0) is 17.8 Å². The van der Waals surface area contributed by atoms with Gasteiger partial charge in [0.25, 0.3) is 0 Å². The summed E-state index contributed by atoms with van der Waals surface area (Å²) in [4.78, 5) is 10.5. The molecule has 0 radical (unpaired) electrons. The van der Waals surface area contributed by atoms with Crippen LogP contribution < -0.4 is 15.6 Å². The highest BCUT2D eigenvalue weighted by atomic mass is 35.5. The molecule has 0 spiro atoms. The van der Waals surface area contributed by atoms with Crippen molar-refractivity contribution in [1.82, 2.24) is 9.97 Å². The van der Waals surface area contributed by atoms with Crippen LogP contribution in [0.2, 0.25) is 0 Å². The zero-order valence-corrected chi connectivity index (χ0v) is 19.5. The molecule has 2 aliphatic heterocycles. The molecule has 0 saturated heterocycles. The number of aromatic amines is 1. The molecule has 1 fully saturated rings. The molecule has 0 aromatic carbocycles. The van der Waals surface area contributed by atoms with E-state index in [0.29, 0.717) is 18.6 Å². The van der Waals surface area contributed by atoms with Crippen molar-refractivity contribution in [3.05, 3.63) is 57.5 Å². The predicted octanol–water partition coefficient (Wildman–Crippen LogP) is 4.39. The number of ether oxygens (including phenoxy) is 1. The van der Waals surface area contributed by atoms with Gasteiger partial charge in [0.15, 0.2) is 0 Å². The average Bonchev–Trinajstić information content (AvgIpc) is 3.07. The highest BCUT2D eigenvalue weighted by Gasteiger charge is 2.29. The van der Waals surface area contributed by atoms with Gasteiger partial charge in [-0.15, -0.1) is 0 Å². The number of pyridine rings is 1. The van der Waals surface area contributed by atoms with E-state index < -0.39 is 0 Å². The van der Waals surface area contributed by atoms with E-state index in [1.54, 1.807) is 0 Å². The SMILES string of the molecule is CC(C)O[C@H]1CC[C@H](C2=c3[nH]c4c(c3CN=N2)N(Cc2ccccn2)CC=C(Cl)C=4)CC1. The van der Waals surface area contributed by atoms with Gasteiger partial charge in [-0.25, -0.2) is 0 Å². The van der Waals surface area contributed by atoms with Crippen LogP contribution in [0, 0.1) is 5.92 Å². The fourth-order valence-corrected chi connectivity index (χ4v) is 5.26. The topological polar surface area (TPSA) is 65.9 Å². The van der Waals surface area contributed by atoms with Gasteiger partial charge >= 0.3 is 0 Å². The second-order valence-electron chi connectivity index (χ2n) is 9.12. The number of azo groups is 1. The van der Waals surface area contributed by atoms with Gasteiger partial charge < -0.3 is 14.6 Å². The number of fused-ring (bicyclic) bond motifs is 3. The Bertz CT molecular complexity index is 1140. The predicted molar refractivity (Wildman–Crippen MR) is 128 cm³/mol. The molecule has 2 aromatic rings. The Labute approximate surface area is 193 Å². The Kier molecular flexibility index (Phi) is 6.15. The second kappa shape index (κ2) is 9.20. The summed E-state index contributed by atoms with van der Waals surface area (Å²) in [6.07, 6.45) is 10.9. The maximum absolute atomic E-state index is 6.50. The first-order valence-electron chi connectivity index (χ1n) is 11.6. The number of hydrogen-bond donors (Lipinski definition) is 1. The fourth-order valence-electron chi connectivity index (χ4n) is 5.08. The summed E-state index contributed by atoms with van der Waals surface area (Å²) >= 11 is 6.50. The summed E-state index contributed by atoms with van der Waals surface area (Å²) in [5, 5.41) is 12.1. The molecule has 1 aliphatic carbocycles. The highest BCUT2D eigenvalue weighted by molar-refractivity contribution is 6.34. The minimum atomic E-state index is 0.280. The standard InChI is InChI=1S/C25H30ClN5O/c1-16(2)32-20-8-6-17(7-9-20)23-24-21(14-28-30-23)25-22(29-24)13-18(26)10-12-31(25)15-19-5-3-4-11-27-19/h3-5,10-11,13,16-17,20,29H,6-9,12,14-15H2,1-2H3/t17-,20-. The van der Waals surface area contributed by atoms with Gasteiger partial charge in [-0.05, 0) is 63.8 Å². The van der Waals surface area contributed by atoms with Crippen molar-refractivity contribution in [2.24, 2.45) is 16.1 Å². The molecule has 2 aromatic heterocycles. The Morgan fingerprint density at radius 2 is 2.06 bits per heavy atom. The molecule has 5 rings (SSSR count). The minimum absolute atomic E-state index is 0.280. The molecule has 168 valence electrons. The molecule has 7 heteroatoms. The summed E-state index contributed by atoms with van der Waals surface area (Å²) in [5.41, 5.74) is 4.52. The van der Waals surface area contributed by atoms with Crippen molar-refractivity contribution in [1.29, 1.82) is 0 Å². The van der Waals surface area contributed by atoms with Crippen molar-refractivity contribution in [2.45, 2.75) is 64.8 Å². The second-order valence-corrected chi connectivity index (χ2v) is 9.56. The summed E-state index contributed by atoms with van der Waals surface area (Å²) in [7, 11) is 0. The lowest BCUT2D eigenvalue weighted by Gasteiger charge is -2.30. The third kappa shape index (κ3) is 4.39. The van der Waals surface area contributed by atoms with Crippen LogP contribution >= 0.6 is 11.6 Å². The summed E-state index contributed by atoms with van der Waals surface area (Å²) in [5.74, 6) is 0.405. The van der Waals surface area contributed by atoms with Gasteiger partial charge in [0, 0.05) is 29.3 Å². The molecular formula is C25H30ClN5O. The van der Waals surface area contributed by atoms with Crippen LogP contribution in [0.1, 0.15) is 50.8 Å². The fraction of sp³-hybridized carbons (Fsp3) is 0.480. The Morgan fingerprint density at radius 1 is 1.22 bits per heavy atom. The van der Waals surface area contributed by atoms with Gasteiger partial charge in [0.2, 0.25) is 0 Å². The first kappa shape index (κ1) is 21.4.